The van der Waals surface area contributed by atoms with E-state index in [0.29, 0.717) is 32.8 Å². The number of benzene rings is 1. The molecule has 1 fully saturated rings. The number of hydrogen-bond acceptors (Lipinski definition) is 6. The van der Waals surface area contributed by atoms with Gasteiger partial charge in [0.05, 0.1) is 20.3 Å². The molecule has 1 saturated heterocycles. The van der Waals surface area contributed by atoms with Crippen LogP contribution in [-0.4, -0.2) is 67.6 Å². The van der Waals surface area contributed by atoms with Gasteiger partial charge in [0.2, 0.25) is 0 Å². The number of β-amino-alcohol motifs (C(OH)–C–C–N with tert-alkyl or cyclic N) is 1. The van der Waals surface area contributed by atoms with E-state index in [1.54, 1.807) is 13.3 Å². The predicted octanol–water partition coefficient (Wildman–Crippen LogP) is 1.03. The highest BCUT2D eigenvalue weighted by molar-refractivity contribution is 5.87. The minimum atomic E-state index is -0.869. The number of aliphatic hydroxyl groups is 1. The Balaban J connectivity index is 1.77. The molecule has 1 aromatic carbocycles. The van der Waals surface area contributed by atoms with Crippen LogP contribution in [0, 0.1) is 0 Å². The van der Waals surface area contributed by atoms with E-state index in [2.05, 4.69) is 27.3 Å². The number of rotatable bonds is 5. The Morgan fingerprint density at radius 2 is 2.29 bits per heavy atom. The van der Waals surface area contributed by atoms with E-state index >= 15 is 0 Å². The molecule has 2 heterocycles. The first-order valence-electron chi connectivity index (χ1n) is 8.21. The molecule has 1 aromatic heterocycles. The van der Waals surface area contributed by atoms with Gasteiger partial charge in [-0.2, -0.15) is 0 Å². The first-order chi connectivity index (χ1) is 11.6. The van der Waals surface area contributed by atoms with Gasteiger partial charge in [0.25, 0.3) is 0 Å². The molecule has 0 unspecified atom stereocenters. The molecule has 0 radical (unpaired) electrons. The summed E-state index contributed by atoms with van der Waals surface area (Å²) in [7, 11) is 3.67. The van der Waals surface area contributed by atoms with Crippen LogP contribution < -0.4 is 10.1 Å². The predicted molar refractivity (Wildman–Crippen MR) is 93.3 cm³/mol. The Morgan fingerprint density at radius 1 is 1.42 bits per heavy atom. The van der Waals surface area contributed by atoms with Crippen LogP contribution >= 0.6 is 0 Å². The van der Waals surface area contributed by atoms with Crippen molar-refractivity contribution < 1.29 is 14.6 Å². The van der Waals surface area contributed by atoms with Crippen LogP contribution in [0.25, 0.3) is 10.9 Å². The minimum absolute atomic E-state index is 0.356. The number of hydrogen-bond donors (Lipinski definition) is 2. The van der Waals surface area contributed by atoms with Gasteiger partial charge in [0, 0.05) is 37.8 Å². The first-order valence-corrected chi connectivity index (χ1v) is 8.21. The third kappa shape index (κ3) is 3.84. The van der Waals surface area contributed by atoms with Crippen molar-refractivity contribution in [3.63, 3.8) is 0 Å². The molecule has 130 valence electrons. The van der Waals surface area contributed by atoms with Gasteiger partial charge < -0.3 is 19.9 Å². The molecule has 1 aliphatic rings. The standard InChI is InChI=1S/C18H25N3O3/c1-21(12-18(22)11-19-8-9-24-13-18)10-14-5-6-16(23-2)17-15(14)4-3-7-20-17/h3-7,19,22H,8-13H2,1-2H3/t18-/m0/s1. The quantitative estimate of drug-likeness (QED) is 0.853. The molecule has 0 saturated carbocycles. The van der Waals surface area contributed by atoms with Crippen molar-refractivity contribution in [1.82, 2.24) is 15.2 Å². The molecule has 1 atom stereocenters. The van der Waals surface area contributed by atoms with E-state index in [-0.39, 0.29) is 0 Å². The molecule has 0 aliphatic carbocycles. The zero-order valence-electron chi connectivity index (χ0n) is 14.3. The fraction of sp³-hybridized carbons (Fsp3) is 0.500. The van der Waals surface area contributed by atoms with Gasteiger partial charge in [-0.25, -0.2) is 0 Å². The SMILES string of the molecule is COc1ccc(CN(C)C[C@@]2(O)CNCCOC2)c2cccnc12. The van der Waals surface area contributed by atoms with Gasteiger partial charge in [-0.05, 0) is 24.7 Å². The number of aromatic nitrogens is 1. The summed E-state index contributed by atoms with van der Waals surface area (Å²) in [5, 5.41) is 15.0. The van der Waals surface area contributed by atoms with Gasteiger partial charge in [-0.15, -0.1) is 0 Å². The number of nitrogens with zero attached hydrogens (tertiary/aromatic N) is 2. The maximum Gasteiger partial charge on any atom is 0.145 e. The van der Waals surface area contributed by atoms with Crippen molar-refractivity contribution in [2.45, 2.75) is 12.1 Å². The van der Waals surface area contributed by atoms with Crippen LogP contribution in [0.5, 0.6) is 5.75 Å². The lowest BCUT2D eigenvalue weighted by Crippen LogP contribution is -2.50. The Labute approximate surface area is 142 Å². The summed E-state index contributed by atoms with van der Waals surface area (Å²) >= 11 is 0. The van der Waals surface area contributed by atoms with Crippen LogP contribution in [0.4, 0.5) is 0 Å². The summed E-state index contributed by atoms with van der Waals surface area (Å²) in [6.07, 6.45) is 1.77. The van der Waals surface area contributed by atoms with E-state index in [4.69, 9.17) is 9.47 Å². The van der Waals surface area contributed by atoms with Crippen molar-refractivity contribution in [2.24, 2.45) is 0 Å². The molecule has 1 aliphatic heterocycles. The summed E-state index contributed by atoms with van der Waals surface area (Å²) in [4.78, 5) is 6.55. The molecule has 2 N–H and O–H groups in total. The second-order valence-electron chi connectivity index (χ2n) is 6.45. The van der Waals surface area contributed by atoms with Crippen molar-refractivity contribution in [2.75, 3.05) is 47.0 Å². The van der Waals surface area contributed by atoms with Crippen LogP contribution in [0.15, 0.2) is 30.5 Å². The van der Waals surface area contributed by atoms with Gasteiger partial charge in [0.1, 0.15) is 16.9 Å². The van der Waals surface area contributed by atoms with Crippen LogP contribution in [-0.2, 0) is 11.3 Å². The molecule has 6 heteroatoms. The molecular weight excluding hydrogens is 306 g/mol. The molecule has 24 heavy (non-hydrogen) atoms. The van der Waals surface area contributed by atoms with E-state index in [0.717, 1.165) is 28.8 Å². The highest BCUT2D eigenvalue weighted by Gasteiger charge is 2.30. The summed E-state index contributed by atoms with van der Waals surface area (Å²) in [6, 6.07) is 8.00. The molecule has 3 rings (SSSR count). The molecule has 0 bridgehead atoms. The Kier molecular flexibility index (Phi) is 5.30. The maximum absolute atomic E-state index is 10.7. The topological polar surface area (TPSA) is 66.9 Å². The lowest BCUT2D eigenvalue weighted by molar-refractivity contribution is -0.0461. The summed E-state index contributed by atoms with van der Waals surface area (Å²) in [5.41, 5.74) is 1.16. The number of ether oxygens (including phenoxy) is 2. The average Bonchev–Trinajstić information content (AvgIpc) is 2.79. The number of methoxy groups -OCH3 is 1. The smallest absolute Gasteiger partial charge is 0.145 e. The normalized spacial score (nSPS) is 21.8. The molecule has 0 amide bonds. The van der Waals surface area contributed by atoms with Crippen molar-refractivity contribution in [3.05, 3.63) is 36.0 Å². The Hall–Kier alpha value is -1.73. The maximum atomic E-state index is 10.7. The zero-order valence-corrected chi connectivity index (χ0v) is 14.3. The lowest BCUT2D eigenvalue weighted by atomic mass is 10.0. The zero-order chi connectivity index (χ0) is 17.0. The van der Waals surface area contributed by atoms with Crippen LogP contribution in [0.1, 0.15) is 5.56 Å². The first kappa shape index (κ1) is 17.1. The van der Waals surface area contributed by atoms with Crippen molar-refractivity contribution in [3.8, 4) is 5.75 Å². The molecule has 6 nitrogen and oxygen atoms in total. The van der Waals surface area contributed by atoms with Crippen LogP contribution in [0.2, 0.25) is 0 Å². The Bertz CT molecular complexity index is 684. The average molecular weight is 331 g/mol. The molecule has 0 spiro atoms. The third-order valence-corrected chi connectivity index (χ3v) is 4.30. The van der Waals surface area contributed by atoms with E-state index < -0.39 is 5.60 Å². The number of pyridine rings is 1. The largest absolute Gasteiger partial charge is 0.494 e. The van der Waals surface area contributed by atoms with Crippen LogP contribution in [0.3, 0.4) is 0 Å². The van der Waals surface area contributed by atoms with E-state index in [1.165, 1.54) is 0 Å². The van der Waals surface area contributed by atoms with Gasteiger partial charge in [-0.3, -0.25) is 9.88 Å². The fourth-order valence-corrected chi connectivity index (χ4v) is 3.24. The van der Waals surface area contributed by atoms with E-state index in [1.807, 2.05) is 19.2 Å². The molecule has 2 aromatic rings. The van der Waals surface area contributed by atoms with Gasteiger partial charge in [0.15, 0.2) is 0 Å². The van der Waals surface area contributed by atoms with Crippen molar-refractivity contribution in [1.29, 1.82) is 0 Å². The summed E-state index contributed by atoms with van der Waals surface area (Å²) in [5.74, 6) is 0.775. The van der Waals surface area contributed by atoms with E-state index in [9.17, 15) is 5.11 Å². The van der Waals surface area contributed by atoms with Crippen molar-refractivity contribution >= 4 is 10.9 Å². The third-order valence-electron chi connectivity index (χ3n) is 4.30. The number of likely N-dealkylation sites (N-methyl/N-ethyl adjacent to an activating group) is 1. The Morgan fingerprint density at radius 3 is 3.12 bits per heavy atom. The molecular formula is C18H25N3O3. The summed E-state index contributed by atoms with van der Waals surface area (Å²) < 4.78 is 10.9. The number of fused-ring (bicyclic) bond motifs is 1. The summed E-state index contributed by atoms with van der Waals surface area (Å²) in [6.45, 7) is 3.57. The monoisotopic (exact) mass is 331 g/mol. The van der Waals surface area contributed by atoms with Gasteiger partial charge >= 0.3 is 0 Å². The highest BCUT2D eigenvalue weighted by Crippen LogP contribution is 2.27. The lowest BCUT2D eigenvalue weighted by Gasteiger charge is -2.31. The second-order valence-corrected chi connectivity index (χ2v) is 6.45. The highest BCUT2D eigenvalue weighted by atomic mass is 16.5. The minimum Gasteiger partial charge on any atom is -0.494 e. The number of nitrogens with one attached hydrogen (secondary N) is 1. The second kappa shape index (κ2) is 7.44. The van der Waals surface area contributed by atoms with Gasteiger partial charge in [-0.1, -0.05) is 12.1 Å². The fourth-order valence-electron chi connectivity index (χ4n) is 3.24.